The Hall–Kier alpha value is -1.72. The van der Waals surface area contributed by atoms with Crippen LogP contribution in [0.25, 0.3) is 5.69 Å². The molecule has 1 heterocycles. The van der Waals surface area contributed by atoms with E-state index in [-0.39, 0.29) is 6.10 Å². The maximum absolute atomic E-state index is 5.68. The quantitative estimate of drug-likeness (QED) is 0.831. The fourth-order valence-corrected chi connectivity index (χ4v) is 1.85. The predicted octanol–water partition coefficient (Wildman–Crippen LogP) is 1.17. The number of para-hydroxylation sites is 1. The van der Waals surface area contributed by atoms with Crippen molar-refractivity contribution in [1.82, 2.24) is 14.8 Å². The first kappa shape index (κ1) is 12.7. The second-order valence-electron chi connectivity index (χ2n) is 3.97. The Labute approximate surface area is 107 Å². The third-order valence-electron chi connectivity index (χ3n) is 2.73. The second-order valence-corrected chi connectivity index (χ2v) is 3.97. The molecule has 0 aliphatic heterocycles. The molecule has 1 atom stereocenters. The Balaban J connectivity index is 2.18. The van der Waals surface area contributed by atoms with Crippen molar-refractivity contribution < 1.29 is 4.74 Å². The number of nitrogens with zero attached hydrogens (tertiary/aromatic N) is 3. The van der Waals surface area contributed by atoms with Gasteiger partial charge in [-0.25, -0.2) is 0 Å². The molecular formula is C13H18N4O. The van der Waals surface area contributed by atoms with Gasteiger partial charge in [-0.15, -0.1) is 10.2 Å². The number of rotatable bonds is 6. The molecule has 0 spiro atoms. The van der Waals surface area contributed by atoms with Crippen LogP contribution in [0, 0.1) is 0 Å². The third-order valence-corrected chi connectivity index (χ3v) is 2.73. The highest BCUT2D eigenvalue weighted by molar-refractivity contribution is 5.32. The first-order valence-corrected chi connectivity index (χ1v) is 6.11. The van der Waals surface area contributed by atoms with E-state index in [4.69, 9.17) is 10.5 Å². The van der Waals surface area contributed by atoms with Gasteiger partial charge in [-0.3, -0.25) is 4.57 Å². The van der Waals surface area contributed by atoms with Crippen molar-refractivity contribution in [1.29, 1.82) is 0 Å². The Morgan fingerprint density at radius 1 is 1.33 bits per heavy atom. The van der Waals surface area contributed by atoms with E-state index in [1.165, 1.54) is 0 Å². The van der Waals surface area contributed by atoms with E-state index < -0.39 is 0 Å². The van der Waals surface area contributed by atoms with Crippen LogP contribution in [-0.2, 0) is 11.2 Å². The Bertz CT molecular complexity index is 469. The number of aromatic nitrogens is 3. The summed E-state index contributed by atoms with van der Waals surface area (Å²) in [4.78, 5) is 0. The molecule has 5 nitrogen and oxygen atoms in total. The molecule has 2 N–H and O–H groups in total. The summed E-state index contributed by atoms with van der Waals surface area (Å²) in [6.45, 7) is 3.10. The summed E-state index contributed by atoms with van der Waals surface area (Å²) >= 11 is 0. The van der Waals surface area contributed by atoms with Gasteiger partial charge in [0.25, 0.3) is 0 Å². The van der Waals surface area contributed by atoms with Crippen LogP contribution in [0.5, 0.6) is 0 Å². The van der Waals surface area contributed by atoms with Crippen LogP contribution >= 0.6 is 0 Å². The van der Waals surface area contributed by atoms with E-state index in [0.717, 1.165) is 11.5 Å². The van der Waals surface area contributed by atoms with E-state index in [1.54, 1.807) is 6.33 Å². The van der Waals surface area contributed by atoms with Crippen LogP contribution in [0.1, 0.15) is 12.7 Å². The van der Waals surface area contributed by atoms with Crippen molar-refractivity contribution in [2.24, 2.45) is 5.73 Å². The number of benzene rings is 1. The monoisotopic (exact) mass is 246 g/mol. The third kappa shape index (κ3) is 2.94. The van der Waals surface area contributed by atoms with Crippen LogP contribution in [0.15, 0.2) is 36.7 Å². The fraction of sp³-hybridized carbons (Fsp3) is 0.385. The molecule has 5 heteroatoms. The summed E-state index contributed by atoms with van der Waals surface area (Å²) in [5.74, 6) is 0.866. The lowest BCUT2D eigenvalue weighted by atomic mass is 10.2. The summed E-state index contributed by atoms with van der Waals surface area (Å²) in [6.07, 6.45) is 2.37. The number of nitrogens with two attached hydrogens (primary N) is 1. The highest BCUT2D eigenvalue weighted by Crippen LogP contribution is 2.11. The molecule has 0 aliphatic rings. The smallest absolute Gasteiger partial charge is 0.140 e. The lowest BCUT2D eigenvalue weighted by molar-refractivity contribution is 0.0677. The summed E-state index contributed by atoms with van der Waals surface area (Å²) in [5, 5.41) is 8.10. The highest BCUT2D eigenvalue weighted by Gasteiger charge is 2.13. The minimum Gasteiger partial charge on any atom is -0.377 e. The maximum Gasteiger partial charge on any atom is 0.140 e. The predicted molar refractivity (Wildman–Crippen MR) is 69.5 cm³/mol. The van der Waals surface area contributed by atoms with Gasteiger partial charge in [0, 0.05) is 25.3 Å². The van der Waals surface area contributed by atoms with Crippen molar-refractivity contribution >= 4 is 0 Å². The van der Waals surface area contributed by atoms with Gasteiger partial charge in [-0.05, 0) is 19.1 Å². The highest BCUT2D eigenvalue weighted by atomic mass is 16.5. The van der Waals surface area contributed by atoms with Gasteiger partial charge in [0.05, 0.1) is 6.10 Å². The van der Waals surface area contributed by atoms with Crippen LogP contribution < -0.4 is 5.73 Å². The van der Waals surface area contributed by atoms with Gasteiger partial charge in [-0.1, -0.05) is 18.2 Å². The maximum atomic E-state index is 5.68. The van der Waals surface area contributed by atoms with E-state index in [0.29, 0.717) is 19.6 Å². The van der Waals surface area contributed by atoms with E-state index in [9.17, 15) is 0 Å². The summed E-state index contributed by atoms with van der Waals surface area (Å²) in [5.41, 5.74) is 6.73. The van der Waals surface area contributed by atoms with Crippen LogP contribution in [0.2, 0.25) is 0 Å². The van der Waals surface area contributed by atoms with Crippen molar-refractivity contribution in [3.05, 3.63) is 42.5 Å². The zero-order valence-electron chi connectivity index (χ0n) is 10.5. The number of ether oxygens (including phenoxy) is 1. The Morgan fingerprint density at radius 3 is 2.78 bits per heavy atom. The molecule has 0 radical (unpaired) electrons. The second kappa shape index (κ2) is 6.28. The van der Waals surface area contributed by atoms with Crippen molar-refractivity contribution in [2.75, 3.05) is 13.2 Å². The molecule has 2 aromatic rings. The van der Waals surface area contributed by atoms with Gasteiger partial charge in [0.1, 0.15) is 12.2 Å². The van der Waals surface area contributed by atoms with Crippen LogP contribution in [0.4, 0.5) is 0 Å². The minimum absolute atomic E-state index is 0.0123. The SMILES string of the molecule is CCOC(CN)Cc1nncn1-c1ccccc1. The lowest BCUT2D eigenvalue weighted by Crippen LogP contribution is -2.27. The standard InChI is InChI=1S/C13H18N4O/c1-2-18-12(9-14)8-13-16-15-10-17(13)11-6-4-3-5-7-11/h3-7,10,12H,2,8-9,14H2,1H3. The van der Waals surface area contributed by atoms with Gasteiger partial charge >= 0.3 is 0 Å². The Morgan fingerprint density at radius 2 is 2.11 bits per heavy atom. The molecule has 1 aromatic carbocycles. The number of hydrogen-bond donors (Lipinski definition) is 1. The van der Waals surface area contributed by atoms with Crippen molar-refractivity contribution in [2.45, 2.75) is 19.4 Å². The number of hydrogen-bond acceptors (Lipinski definition) is 4. The van der Waals surface area contributed by atoms with Crippen LogP contribution in [-0.4, -0.2) is 34.0 Å². The van der Waals surface area contributed by atoms with Crippen molar-refractivity contribution in [3.8, 4) is 5.69 Å². The van der Waals surface area contributed by atoms with Gasteiger partial charge in [0.15, 0.2) is 0 Å². The summed E-state index contributed by atoms with van der Waals surface area (Å²) < 4.78 is 7.51. The molecule has 0 saturated heterocycles. The average Bonchev–Trinajstić information content (AvgIpc) is 2.87. The largest absolute Gasteiger partial charge is 0.377 e. The summed E-state index contributed by atoms with van der Waals surface area (Å²) in [7, 11) is 0. The Kier molecular flexibility index (Phi) is 4.44. The fourth-order valence-electron chi connectivity index (χ4n) is 1.85. The average molecular weight is 246 g/mol. The first-order valence-electron chi connectivity index (χ1n) is 6.11. The molecule has 1 unspecified atom stereocenters. The zero-order chi connectivity index (χ0) is 12.8. The summed E-state index contributed by atoms with van der Waals surface area (Å²) in [6, 6.07) is 10.00. The molecule has 0 saturated carbocycles. The van der Waals surface area contributed by atoms with Gasteiger partial charge in [-0.2, -0.15) is 0 Å². The molecule has 0 aliphatic carbocycles. The molecule has 18 heavy (non-hydrogen) atoms. The van der Waals surface area contributed by atoms with Gasteiger partial charge < -0.3 is 10.5 Å². The van der Waals surface area contributed by atoms with E-state index in [1.807, 2.05) is 41.8 Å². The molecule has 1 aromatic heterocycles. The van der Waals surface area contributed by atoms with E-state index >= 15 is 0 Å². The normalized spacial score (nSPS) is 12.6. The van der Waals surface area contributed by atoms with Crippen LogP contribution in [0.3, 0.4) is 0 Å². The first-order chi connectivity index (χ1) is 8.85. The van der Waals surface area contributed by atoms with E-state index in [2.05, 4.69) is 10.2 Å². The molecule has 0 bridgehead atoms. The molecule has 96 valence electrons. The zero-order valence-corrected chi connectivity index (χ0v) is 10.5. The van der Waals surface area contributed by atoms with Gasteiger partial charge in [0.2, 0.25) is 0 Å². The van der Waals surface area contributed by atoms with Crippen molar-refractivity contribution in [3.63, 3.8) is 0 Å². The molecular weight excluding hydrogens is 228 g/mol. The molecule has 0 amide bonds. The topological polar surface area (TPSA) is 66.0 Å². The molecule has 2 rings (SSSR count). The molecule has 0 fully saturated rings. The minimum atomic E-state index is -0.0123. The lowest BCUT2D eigenvalue weighted by Gasteiger charge is -2.14.